The molecule has 0 spiro atoms. The fourth-order valence-corrected chi connectivity index (χ4v) is 2.67. The standard InChI is InChI=1S/C23H17ClO4/c1-27-22-8-3-2-7-20(22)23(26)28-19-6-4-5-16(15-19)9-14-21(25)17-10-12-18(24)13-11-17/h2-15H,1H3. The van der Waals surface area contributed by atoms with E-state index >= 15 is 0 Å². The highest BCUT2D eigenvalue weighted by molar-refractivity contribution is 6.30. The summed E-state index contributed by atoms with van der Waals surface area (Å²) < 4.78 is 10.6. The predicted octanol–water partition coefficient (Wildman–Crippen LogP) is 5.46. The van der Waals surface area contributed by atoms with Gasteiger partial charge in [-0.15, -0.1) is 0 Å². The first-order chi connectivity index (χ1) is 13.6. The summed E-state index contributed by atoms with van der Waals surface area (Å²) in [7, 11) is 1.50. The summed E-state index contributed by atoms with van der Waals surface area (Å²) in [6, 6.07) is 20.4. The molecule has 0 saturated carbocycles. The lowest BCUT2D eigenvalue weighted by Crippen LogP contribution is -2.10. The van der Waals surface area contributed by atoms with Crippen LogP contribution in [0.1, 0.15) is 26.3 Å². The average Bonchev–Trinajstić information content (AvgIpc) is 2.72. The van der Waals surface area contributed by atoms with Gasteiger partial charge in [-0.25, -0.2) is 4.79 Å². The van der Waals surface area contributed by atoms with E-state index in [1.54, 1.807) is 72.8 Å². The average molecular weight is 393 g/mol. The Morgan fingerprint density at radius 3 is 2.43 bits per heavy atom. The van der Waals surface area contributed by atoms with Crippen LogP contribution < -0.4 is 9.47 Å². The van der Waals surface area contributed by atoms with Gasteiger partial charge in [0.2, 0.25) is 0 Å². The van der Waals surface area contributed by atoms with Crippen molar-refractivity contribution in [2.45, 2.75) is 0 Å². The number of carbonyl (C=O) groups is 2. The lowest BCUT2D eigenvalue weighted by Gasteiger charge is -2.08. The molecule has 0 aliphatic carbocycles. The summed E-state index contributed by atoms with van der Waals surface area (Å²) in [5.74, 6) is 0.151. The zero-order chi connectivity index (χ0) is 19.9. The normalized spacial score (nSPS) is 10.6. The first-order valence-corrected chi connectivity index (χ1v) is 8.88. The van der Waals surface area contributed by atoms with Crippen LogP contribution in [0.2, 0.25) is 5.02 Å². The summed E-state index contributed by atoms with van der Waals surface area (Å²) in [5, 5.41) is 0.574. The third kappa shape index (κ3) is 4.87. The van der Waals surface area contributed by atoms with Crippen molar-refractivity contribution in [1.29, 1.82) is 0 Å². The monoisotopic (exact) mass is 392 g/mol. The molecule has 0 radical (unpaired) electrons. The molecule has 0 unspecified atom stereocenters. The number of allylic oxidation sites excluding steroid dienone is 1. The molecule has 0 bridgehead atoms. The van der Waals surface area contributed by atoms with Gasteiger partial charge in [0.05, 0.1) is 7.11 Å². The quantitative estimate of drug-likeness (QED) is 0.242. The maximum absolute atomic E-state index is 12.4. The van der Waals surface area contributed by atoms with E-state index < -0.39 is 5.97 Å². The van der Waals surface area contributed by atoms with E-state index in [0.29, 0.717) is 27.6 Å². The molecule has 0 aromatic heterocycles. The van der Waals surface area contributed by atoms with Crippen molar-refractivity contribution in [1.82, 2.24) is 0 Å². The van der Waals surface area contributed by atoms with Crippen LogP contribution in [0.3, 0.4) is 0 Å². The number of halogens is 1. The predicted molar refractivity (Wildman–Crippen MR) is 109 cm³/mol. The van der Waals surface area contributed by atoms with Gasteiger partial charge < -0.3 is 9.47 Å². The fraction of sp³-hybridized carbons (Fsp3) is 0.0435. The maximum Gasteiger partial charge on any atom is 0.347 e. The summed E-state index contributed by atoms with van der Waals surface area (Å²) in [4.78, 5) is 24.6. The molecule has 5 heteroatoms. The minimum atomic E-state index is -0.518. The third-order valence-corrected chi connectivity index (χ3v) is 4.20. The summed E-state index contributed by atoms with van der Waals surface area (Å²) in [6.45, 7) is 0. The first-order valence-electron chi connectivity index (χ1n) is 8.50. The molecule has 3 aromatic carbocycles. The van der Waals surface area contributed by atoms with E-state index in [2.05, 4.69) is 0 Å². The lowest BCUT2D eigenvalue weighted by molar-refractivity contribution is 0.0731. The molecule has 3 rings (SSSR count). The van der Waals surface area contributed by atoms with Crippen LogP contribution in [0.5, 0.6) is 11.5 Å². The number of ether oxygens (including phenoxy) is 2. The van der Waals surface area contributed by atoms with E-state index in [0.717, 1.165) is 5.56 Å². The Balaban J connectivity index is 1.72. The SMILES string of the molecule is COc1ccccc1C(=O)Oc1cccc(C=CC(=O)c2ccc(Cl)cc2)c1. The Hall–Kier alpha value is -3.37. The van der Waals surface area contributed by atoms with Gasteiger partial charge in [-0.05, 0) is 60.2 Å². The number of ketones is 1. The van der Waals surface area contributed by atoms with Crippen LogP contribution in [0.25, 0.3) is 6.08 Å². The van der Waals surface area contributed by atoms with Gasteiger partial charge >= 0.3 is 5.97 Å². The molecule has 28 heavy (non-hydrogen) atoms. The Kier molecular flexibility index (Phi) is 6.25. The summed E-state index contributed by atoms with van der Waals surface area (Å²) in [5.41, 5.74) is 1.61. The van der Waals surface area contributed by atoms with E-state index in [4.69, 9.17) is 21.1 Å². The van der Waals surface area contributed by atoms with Crippen molar-refractivity contribution in [2.24, 2.45) is 0 Å². The molecule has 0 saturated heterocycles. The van der Waals surface area contributed by atoms with Crippen molar-refractivity contribution >= 4 is 29.4 Å². The molecule has 140 valence electrons. The van der Waals surface area contributed by atoms with Gasteiger partial charge in [-0.3, -0.25) is 4.79 Å². The minimum Gasteiger partial charge on any atom is -0.496 e. The zero-order valence-corrected chi connectivity index (χ0v) is 15.8. The number of carbonyl (C=O) groups excluding carboxylic acids is 2. The number of esters is 1. The van der Waals surface area contributed by atoms with Gasteiger partial charge in [0.15, 0.2) is 5.78 Å². The van der Waals surface area contributed by atoms with Crippen LogP contribution in [0.4, 0.5) is 0 Å². The largest absolute Gasteiger partial charge is 0.496 e. The maximum atomic E-state index is 12.4. The molecule has 0 aliphatic heterocycles. The summed E-state index contributed by atoms with van der Waals surface area (Å²) in [6.07, 6.45) is 3.13. The van der Waals surface area contributed by atoms with Crippen LogP contribution in [0.15, 0.2) is 78.9 Å². The Morgan fingerprint density at radius 1 is 0.929 bits per heavy atom. The molecular formula is C23H17ClO4. The summed E-state index contributed by atoms with van der Waals surface area (Å²) >= 11 is 5.83. The van der Waals surface area contributed by atoms with Gasteiger partial charge in [-0.2, -0.15) is 0 Å². The molecule has 0 N–H and O–H groups in total. The van der Waals surface area contributed by atoms with Gasteiger partial charge in [-0.1, -0.05) is 41.9 Å². The van der Waals surface area contributed by atoms with Gasteiger partial charge in [0, 0.05) is 10.6 Å². The molecule has 3 aromatic rings. The number of benzene rings is 3. The van der Waals surface area contributed by atoms with Gasteiger partial charge in [0.25, 0.3) is 0 Å². The zero-order valence-electron chi connectivity index (χ0n) is 15.1. The van der Waals surface area contributed by atoms with Crippen LogP contribution in [-0.4, -0.2) is 18.9 Å². The van der Waals surface area contributed by atoms with Gasteiger partial charge in [0.1, 0.15) is 17.1 Å². The highest BCUT2D eigenvalue weighted by Gasteiger charge is 2.14. The number of hydrogen-bond acceptors (Lipinski definition) is 4. The molecule has 0 amide bonds. The van der Waals surface area contributed by atoms with Crippen molar-refractivity contribution in [3.05, 3.63) is 101 Å². The molecule has 4 nitrogen and oxygen atoms in total. The van der Waals surface area contributed by atoms with Crippen molar-refractivity contribution < 1.29 is 19.1 Å². The minimum absolute atomic E-state index is 0.145. The smallest absolute Gasteiger partial charge is 0.347 e. The molecule has 0 atom stereocenters. The number of rotatable bonds is 6. The van der Waals surface area contributed by atoms with E-state index in [1.807, 2.05) is 6.07 Å². The molecule has 0 aliphatic rings. The first kappa shape index (κ1) is 19.4. The number of methoxy groups -OCH3 is 1. The Bertz CT molecular complexity index is 1020. The highest BCUT2D eigenvalue weighted by atomic mass is 35.5. The third-order valence-electron chi connectivity index (χ3n) is 3.95. The van der Waals surface area contributed by atoms with Crippen LogP contribution in [0, 0.1) is 0 Å². The topological polar surface area (TPSA) is 52.6 Å². The fourth-order valence-electron chi connectivity index (χ4n) is 2.54. The Morgan fingerprint density at radius 2 is 1.68 bits per heavy atom. The molecule has 0 heterocycles. The lowest BCUT2D eigenvalue weighted by atomic mass is 10.1. The highest BCUT2D eigenvalue weighted by Crippen LogP contribution is 2.21. The van der Waals surface area contributed by atoms with Crippen molar-refractivity contribution in [3.8, 4) is 11.5 Å². The van der Waals surface area contributed by atoms with Crippen molar-refractivity contribution in [2.75, 3.05) is 7.11 Å². The second kappa shape index (κ2) is 9.02. The number of para-hydroxylation sites is 1. The van der Waals surface area contributed by atoms with E-state index in [9.17, 15) is 9.59 Å². The molecule has 0 fully saturated rings. The Labute approximate surface area is 168 Å². The van der Waals surface area contributed by atoms with Crippen LogP contribution in [-0.2, 0) is 0 Å². The molecular weight excluding hydrogens is 376 g/mol. The van der Waals surface area contributed by atoms with E-state index in [1.165, 1.54) is 13.2 Å². The van der Waals surface area contributed by atoms with Crippen molar-refractivity contribution in [3.63, 3.8) is 0 Å². The van der Waals surface area contributed by atoms with Crippen LogP contribution >= 0.6 is 11.6 Å². The van der Waals surface area contributed by atoms with E-state index in [-0.39, 0.29) is 5.78 Å². The second-order valence-corrected chi connectivity index (χ2v) is 6.30. The second-order valence-electron chi connectivity index (χ2n) is 5.87. The number of hydrogen-bond donors (Lipinski definition) is 0.